The molecule has 2 aromatic rings. The lowest BCUT2D eigenvalue weighted by atomic mass is 10.2. The summed E-state index contributed by atoms with van der Waals surface area (Å²) in [4.78, 5) is 0. The van der Waals surface area contributed by atoms with Gasteiger partial charge in [-0.25, -0.2) is 0 Å². The van der Waals surface area contributed by atoms with E-state index in [1.807, 2.05) is 60.7 Å². The van der Waals surface area contributed by atoms with E-state index in [9.17, 15) is 0 Å². The predicted octanol–water partition coefficient (Wildman–Crippen LogP) is 3.73. The minimum absolute atomic E-state index is 0.303. The normalized spacial score (nSPS) is 9.71. The first kappa shape index (κ1) is 14.7. The van der Waals surface area contributed by atoms with Gasteiger partial charge in [0, 0.05) is 0 Å². The van der Waals surface area contributed by atoms with E-state index in [0.29, 0.717) is 24.9 Å². The highest BCUT2D eigenvalue weighted by molar-refractivity contribution is 5.17. The molecule has 0 atom stereocenters. The summed E-state index contributed by atoms with van der Waals surface area (Å²) in [7, 11) is 0. The topological polar surface area (TPSA) is 44.5 Å². The van der Waals surface area contributed by atoms with E-state index in [4.69, 9.17) is 15.2 Å². The SMILES string of the molecule is C=CC(N)=C(OCc1ccccc1)OCc1ccccc1. The number of hydrogen-bond donors (Lipinski definition) is 1. The standard InChI is InChI=1S/C18H19NO2/c1-2-17(19)18(20-13-15-9-5-3-6-10-15)21-14-16-11-7-4-8-12-16/h2-12H,1,13-14,19H2. The van der Waals surface area contributed by atoms with Crippen molar-refractivity contribution in [3.05, 3.63) is 96.1 Å². The highest BCUT2D eigenvalue weighted by Gasteiger charge is 2.06. The van der Waals surface area contributed by atoms with Crippen LogP contribution in [-0.2, 0) is 22.7 Å². The maximum Gasteiger partial charge on any atom is 0.304 e. The zero-order valence-electron chi connectivity index (χ0n) is 11.9. The van der Waals surface area contributed by atoms with Crippen LogP contribution in [0.1, 0.15) is 11.1 Å². The molecule has 0 bridgehead atoms. The lowest BCUT2D eigenvalue weighted by Gasteiger charge is -2.13. The second kappa shape index (κ2) is 7.80. The molecule has 2 rings (SSSR count). The van der Waals surface area contributed by atoms with Crippen molar-refractivity contribution in [1.29, 1.82) is 0 Å². The van der Waals surface area contributed by atoms with Crippen LogP contribution in [0.25, 0.3) is 0 Å². The molecule has 0 unspecified atom stereocenters. The van der Waals surface area contributed by atoms with E-state index >= 15 is 0 Å². The van der Waals surface area contributed by atoms with Gasteiger partial charge in [0.1, 0.15) is 18.9 Å². The van der Waals surface area contributed by atoms with Crippen molar-refractivity contribution in [2.75, 3.05) is 0 Å². The highest BCUT2D eigenvalue weighted by Crippen LogP contribution is 2.12. The van der Waals surface area contributed by atoms with Gasteiger partial charge in [0.25, 0.3) is 0 Å². The van der Waals surface area contributed by atoms with Crippen molar-refractivity contribution in [3.8, 4) is 0 Å². The molecule has 0 amide bonds. The maximum atomic E-state index is 5.86. The van der Waals surface area contributed by atoms with Crippen molar-refractivity contribution in [1.82, 2.24) is 0 Å². The molecule has 2 N–H and O–H groups in total. The van der Waals surface area contributed by atoms with Gasteiger partial charge in [-0.3, -0.25) is 0 Å². The molecule has 3 nitrogen and oxygen atoms in total. The van der Waals surface area contributed by atoms with Crippen molar-refractivity contribution in [3.63, 3.8) is 0 Å². The maximum absolute atomic E-state index is 5.86. The third-order valence-corrected chi connectivity index (χ3v) is 2.88. The number of ether oxygens (including phenoxy) is 2. The summed E-state index contributed by atoms with van der Waals surface area (Å²) in [6.45, 7) is 4.45. The lowest BCUT2D eigenvalue weighted by Crippen LogP contribution is -2.07. The van der Waals surface area contributed by atoms with Crippen LogP contribution >= 0.6 is 0 Å². The second-order valence-electron chi connectivity index (χ2n) is 4.50. The molecule has 0 spiro atoms. The molecule has 0 fully saturated rings. The molecular weight excluding hydrogens is 262 g/mol. The Hall–Kier alpha value is -2.68. The molecule has 21 heavy (non-hydrogen) atoms. The molecule has 0 aromatic heterocycles. The molecule has 0 heterocycles. The molecule has 2 aromatic carbocycles. The quantitative estimate of drug-likeness (QED) is 0.621. The van der Waals surface area contributed by atoms with Gasteiger partial charge in [-0.05, 0) is 17.2 Å². The Labute approximate surface area is 125 Å². The fourth-order valence-electron chi connectivity index (χ4n) is 1.74. The first-order valence-corrected chi connectivity index (χ1v) is 6.75. The summed E-state index contributed by atoms with van der Waals surface area (Å²) >= 11 is 0. The molecule has 0 saturated heterocycles. The van der Waals surface area contributed by atoms with Crippen LogP contribution in [0.5, 0.6) is 0 Å². The first-order valence-electron chi connectivity index (χ1n) is 6.75. The first-order chi connectivity index (χ1) is 10.3. The van der Waals surface area contributed by atoms with Crippen LogP contribution in [0.2, 0.25) is 0 Å². The van der Waals surface area contributed by atoms with Crippen molar-refractivity contribution < 1.29 is 9.47 Å². The van der Waals surface area contributed by atoms with Gasteiger partial charge in [-0.15, -0.1) is 0 Å². The molecule has 0 aliphatic carbocycles. The zero-order chi connectivity index (χ0) is 14.9. The molecule has 3 heteroatoms. The minimum Gasteiger partial charge on any atom is -0.459 e. The summed E-state index contributed by atoms with van der Waals surface area (Å²) < 4.78 is 11.3. The van der Waals surface area contributed by atoms with Gasteiger partial charge in [-0.2, -0.15) is 0 Å². The lowest BCUT2D eigenvalue weighted by molar-refractivity contribution is 0.0166. The van der Waals surface area contributed by atoms with Crippen molar-refractivity contribution >= 4 is 0 Å². The van der Waals surface area contributed by atoms with Crippen LogP contribution in [0.15, 0.2) is 85.0 Å². The van der Waals surface area contributed by atoms with E-state index < -0.39 is 0 Å². The summed E-state index contributed by atoms with van der Waals surface area (Å²) in [5, 5.41) is 0. The van der Waals surface area contributed by atoms with Crippen molar-refractivity contribution in [2.45, 2.75) is 13.2 Å². The summed E-state index contributed by atoms with van der Waals surface area (Å²) in [6.07, 6.45) is 1.52. The Morgan fingerprint density at radius 3 is 1.67 bits per heavy atom. The van der Waals surface area contributed by atoms with Crippen molar-refractivity contribution in [2.24, 2.45) is 5.73 Å². The number of rotatable bonds is 7. The van der Waals surface area contributed by atoms with Gasteiger partial charge in [0.2, 0.25) is 0 Å². The number of allylic oxidation sites excluding steroid dienone is 1. The molecular formula is C18H19NO2. The van der Waals surface area contributed by atoms with E-state index in [1.165, 1.54) is 6.08 Å². The average molecular weight is 281 g/mol. The molecule has 0 saturated carbocycles. The van der Waals surface area contributed by atoms with Crippen LogP contribution in [0.4, 0.5) is 0 Å². The fraction of sp³-hybridized carbons (Fsp3) is 0.111. The van der Waals surface area contributed by atoms with Gasteiger partial charge >= 0.3 is 5.95 Å². The molecule has 0 radical (unpaired) electrons. The molecule has 0 aliphatic heterocycles. The Bertz CT molecular complexity index is 546. The van der Waals surface area contributed by atoms with Crippen LogP contribution in [0, 0.1) is 0 Å². The number of nitrogens with two attached hydrogens (primary N) is 1. The molecule has 108 valence electrons. The van der Waals surface area contributed by atoms with Gasteiger partial charge in [-0.1, -0.05) is 67.2 Å². The minimum atomic E-state index is 0.303. The number of benzene rings is 2. The largest absolute Gasteiger partial charge is 0.459 e. The third-order valence-electron chi connectivity index (χ3n) is 2.88. The zero-order valence-corrected chi connectivity index (χ0v) is 11.9. The average Bonchev–Trinajstić information content (AvgIpc) is 2.56. The van der Waals surface area contributed by atoms with Crippen LogP contribution in [0.3, 0.4) is 0 Å². The summed E-state index contributed by atoms with van der Waals surface area (Å²) in [5.74, 6) is 0.303. The van der Waals surface area contributed by atoms with E-state index in [-0.39, 0.29) is 0 Å². The van der Waals surface area contributed by atoms with E-state index in [1.54, 1.807) is 0 Å². The van der Waals surface area contributed by atoms with E-state index in [2.05, 4.69) is 6.58 Å². The Kier molecular flexibility index (Phi) is 5.47. The Morgan fingerprint density at radius 1 is 0.857 bits per heavy atom. The van der Waals surface area contributed by atoms with E-state index in [0.717, 1.165) is 11.1 Å². The van der Waals surface area contributed by atoms with Gasteiger partial charge in [0.15, 0.2) is 0 Å². The summed E-state index contributed by atoms with van der Waals surface area (Å²) in [5.41, 5.74) is 8.35. The van der Waals surface area contributed by atoms with Crippen LogP contribution in [-0.4, -0.2) is 0 Å². The monoisotopic (exact) mass is 281 g/mol. The smallest absolute Gasteiger partial charge is 0.304 e. The van der Waals surface area contributed by atoms with Crippen LogP contribution < -0.4 is 5.73 Å². The third kappa shape index (κ3) is 4.73. The second-order valence-corrected chi connectivity index (χ2v) is 4.50. The van der Waals surface area contributed by atoms with Gasteiger partial charge in [0.05, 0.1) is 0 Å². The van der Waals surface area contributed by atoms with Gasteiger partial charge < -0.3 is 15.2 Å². The Balaban J connectivity index is 1.97. The summed E-state index contributed by atoms with van der Waals surface area (Å²) in [6, 6.07) is 19.7. The Morgan fingerprint density at radius 2 is 1.29 bits per heavy atom. The molecule has 0 aliphatic rings. The fourth-order valence-corrected chi connectivity index (χ4v) is 1.74. The predicted molar refractivity (Wildman–Crippen MR) is 83.9 cm³/mol. The highest BCUT2D eigenvalue weighted by atomic mass is 16.7. The number of hydrogen-bond acceptors (Lipinski definition) is 3.